The fourth-order valence-corrected chi connectivity index (χ4v) is 1.63. The van der Waals surface area contributed by atoms with E-state index >= 15 is 0 Å². The summed E-state index contributed by atoms with van der Waals surface area (Å²) in [5.41, 5.74) is 1.05. The van der Waals surface area contributed by atoms with Gasteiger partial charge in [0.05, 0.1) is 0 Å². The van der Waals surface area contributed by atoms with E-state index in [4.69, 9.17) is 5.11 Å². The molecule has 0 spiro atoms. The maximum atomic E-state index is 11.8. The molecule has 0 bridgehead atoms. The van der Waals surface area contributed by atoms with Crippen LogP contribution in [0.15, 0.2) is 60.7 Å². The van der Waals surface area contributed by atoms with Crippen molar-refractivity contribution in [2.75, 3.05) is 4.90 Å². The van der Waals surface area contributed by atoms with E-state index in [0.717, 1.165) is 0 Å². The Morgan fingerprint density at radius 3 is 1.50 bits per heavy atom. The molecule has 4 nitrogen and oxygen atoms in total. The Labute approximate surface area is 104 Å². The Kier molecular flexibility index (Phi) is 3.38. The van der Waals surface area contributed by atoms with Crippen LogP contribution in [-0.2, 0) is 9.59 Å². The highest BCUT2D eigenvalue weighted by Gasteiger charge is 2.23. The van der Waals surface area contributed by atoms with Gasteiger partial charge in [0.1, 0.15) is 0 Å². The molecule has 2 aromatic rings. The van der Waals surface area contributed by atoms with E-state index in [1.807, 2.05) is 0 Å². The molecule has 0 unspecified atom stereocenters. The number of carboxylic acid groups (broad SMARTS) is 1. The lowest BCUT2D eigenvalue weighted by Crippen LogP contribution is -2.32. The summed E-state index contributed by atoms with van der Waals surface area (Å²) >= 11 is 0. The highest BCUT2D eigenvalue weighted by atomic mass is 16.4. The maximum absolute atomic E-state index is 11.8. The zero-order valence-corrected chi connectivity index (χ0v) is 9.48. The number of aliphatic carboxylic acids is 1. The van der Waals surface area contributed by atoms with Gasteiger partial charge in [-0.15, -0.1) is 0 Å². The number of rotatable bonds is 2. The smallest absolute Gasteiger partial charge is 0.395 e. The summed E-state index contributed by atoms with van der Waals surface area (Å²) in [6, 6.07) is 17.4. The van der Waals surface area contributed by atoms with Crippen molar-refractivity contribution in [1.29, 1.82) is 0 Å². The van der Waals surface area contributed by atoms with Crippen molar-refractivity contribution in [2.45, 2.75) is 0 Å². The third-order valence-corrected chi connectivity index (χ3v) is 2.41. The first-order chi connectivity index (χ1) is 8.70. The van der Waals surface area contributed by atoms with Gasteiger partial charge in [0.25, 0.3) is 0 Å². The van der Waals surface area contributed by atoms with Gasteiger partial charge in [-0.2, -0.15) is 0 Å². The quantitative estimate of drug-likeness (QED) is 0.821. The van der Waals surface area contributed by atoms with Crippen LogP contribution < -0.4 is 4.90 Å². The summed E-state index contributed by atoms with van der Waals surface area (Å²) in [4.78, 5) is 23.8. The molecule has 0 aromatic heterocycles. The minimum Gasteiger partial charge on any atom is -0.474 e. The lowest BCUT2D eigenvalue weighted by atomic mass is 10.2. The van der Waals surface area contributed by atoms with E-state index in [1.54, 1.807) is 60.7 Å². The van der Waals surface area contributed by atoms with Gasteiger partial charge in [-0.25, -0.2) is 4.79 Å². The zero-order valence-electron chi connectivity index (χ0n) is 9.48. The standard InChI is InChI=1S/C14H11NO3/c16-13(14(17)18)15(11-7-3-1-4-8-11)12-9-5-2-6-10-12/h1-10H,(H,17,18). The predicted octanol–water partition coefficient (Wildman–Crippen LogP) is 2.44. The Bertz CT molecular complexity index is 512. The number of amides is 1. The number of anilines is 2. The first kappa shape index (κ1) is 11.9. The number of hydrogen-bond donors (Lipinski definition) is 1. The van der Waals surface area contributed by atoms with Crippen LogP contribution in [0.3, 0.4) is 0 Å². The van der Waals surface area contributed by atoms with Crippen molar-refractivity contribution >= 4 is 23.3 Å². The third kappa shape index (κ3) is 2.38. The highest BCUT2D eigenvalue weighted by molar-refractivity contribution is 6.39. The Morgan fingerprint density at radius 2 is 1.17 bits per heavy atom. The molecule has 0 saturated carbocycles. The van der Waals surface area contributed by atoms with E-state index in [9.17, 15) is 9.59 Å². The number of para-hydroxylation sites is 2. The highest BCUT2D eigenvalue weighted by Crippen LogP contribution is 2.24. The fraction of sp³-hybridized carbons (Fsp3) is 0. The van der Waals surface area contributed by atoms with E-state index in [0.29, 0.717) is 11.4 Å². The van der Waals surface area contributed by atoms with Crippen molar-refractivity contribution in [3.63, 3.8) is 0 Å². The molecular weight excluding hydrogens is 230 g/mol. The molecule has 0 heterocycles. The van der Waals surface area contributed by atoms with Gasteiger partial charge in [0, 0.05) is 11.4 Å². The van der Waals surface area contributed by atoms with Gasteiger partial charge in [0.2, 0.25) is 0 Å². The molecule has 0 radical (unpaired) electrons. The molecule has 0 saturated heterocycles. The van der Waals surface area contributed by atoms with Gasteiger partial charge in [-0.3, -0.25) is 9.69 Å². The van der Waals surface area contributed by atoms with Crippen molar-refractivity contribution in [3.8, 4) is 0 Å². The van der Waals surface area contributed by atoms with Gasteiger partial charge < -0.3 is 5.11 Å². The average Bonchev–Trinajstić information content (AvgIpc) is 2.41. The van der Waals surface area contributed by atoms with E-state index < -0.39 is 11.9 Å². The SMILES string of the molecule is O=C(O)C(=O)N(c1ccccc1)c1ccccc1. The predicted molar refractivity (Wildman–Crippen MR) is 67.7 cm³/mol. The molecule has 4 heteroatoms. The van der Waals surface area contributed by atoms with Gasteiger partial charge in [0.15, 0.2) is 0 Å². The lowest BCUT2D eigenvalue weighted by Gasteiger charge is -2.20. The van der Waals surface area contributed by atoms with Crippen LogP contribution in [0, 0.1) is 0 Å². The monoisotopic (exact) mass is 241 g/mol. The van der Waals surface area contributed by atoms with Crippen molar-refractivity contribution < 1.29 is 14.7 Å². The average molecular weight is 241 g/mol. The second-order valence-corrected chi connectivity index (χ2v) is 3.62. The Hall–Kier alpha value is -2.62. The van der Waals surface area contributed by atoms with Crippen LogP contribution in [0.4, 0.5) is 11.4 Å². The topological polar surface area (TPSA) is 57.6 Å². The molecule has 1 N–H and O–H groups in total. The largest absolute Gasteiger partial charge is 0.474 e. The molecule has 18 heavy (non-hydrogen) atoms. The molecule has 0 fully saturated rings. The zero-order chi connectivity index (χ0) is 13.0. The fourth-order valence-electron chi connectivity index (χ4n) is 1.63. The molecule has 2 rings (SSSR count). The van der Waals surface area contributed by atoms with E-state index in [1.165, 1.54) is 4.90 Å². The molecule has 1 amide bonds. The number of carbonyl (C=O) groups is 2. The van der Waals surface area contributed by atoms with Crippen molar-refractivity contribution in [2.24, 2.45) is 0 Å². The summed E-state index contributed by atoms with van der Waals surface area (Å²) in [6.45, 7) is 0. The minimum atomic E-state index is -1.48. The van der Waals surface area contributed by atoms with Crippen LogP contribution in [0.2, 0.25) is 0 Å². The van der Waals surface area contributed by atoms with Crippen LogP contribution in [0.1, 0.15) is 0 Å². The first-order valence-corrected chi connectivity index (χ1v) is 5.37. The van der Waals surface area contributed by atoms with Gasteiger partial charge in [-0.05, 0) is 24.3 Å². The van der Waals surface area contributed by atoms with Crippen LogP contribution in [-0.4, -0.2) is 17.0 Å². The number of carbonyl (C=O) groups excluding carboxylic acids is 1. The number of benzene rings is 2. The van der Waals surface area contributed by atoms with Crippen molar-refractivity contribution in [3.05, 3.63) is 60.7 Å². The lowest BCUT2D eigenvalue weighted by molar-refractivity contribution is -0.148. The second kappa shape index (κ2) is 5.14. The van der Waals surface area contributed by atoms with Crippen LogP contribution in [0.5, 0.6) is 0 Å². The molecule has 0 aliphatic heterocycles. The van der Waals surface area contributed by atoms with Crippen molar-refractivity contribution in [1.82, 2.24) is 0 Å². The first-order valence-electron chi connectivity index (χ1n) is 5.37. The maximum Gasteiger partial charge on any atom is 0.395 e. The second-order valence-electron chi connectivity index (χ2n) is 3.62. The van der Waals surface area contributed by atoms with E-state index in [2.05, 4.69) is 0 Å². The van der Waals surface area contributed by atoms with Crippen LogP contribution >= 0.6 is 0 Å². The van der Waals surface area contributed by atoms with Gasteiger partial charge >= 0.3 is 11.9 Å². The molecule has 0 aliphatic rings. The number of carboxylic acids is 1. The Morgan fingerprint density at radius 1 is 0.778 bits per heavy atom. The minimum absolute atomic E-state index is 0.524. The summed E-state index contributed by atoms with van der Waals surface area (Å²) < 4.78 is 0. The van der Waals surface area contributed by atoms with Gasteiger partial charge in [-0.1, -0.05) is 36.4 Å². The summed E-state index contributed by atoms with van der Waals surface area (Å²) in [5.74, 6) is -2.46. The summed E-state index contributed by atoms with van der Waals surface area (Å²) in [7, 11) is 0. The van der Waals surface area contributed by atoms with E-state index in [-0.39, 0.29) is 0 Å². The summed E-state index contributed by atoms with van der Waals surface area (Å²) in [6.07, 6.45) is 0. The summed E-state index contributed by atoms with van der Waals surface area (Å²) in [5, 5.41) is 8.88. The number of nitrogens with zero attached hydrogens (tertiary/aromatic N) is 1. The number of hydrogen-bond acceptors (Lipinski definition) is 2. The molecule has 0 atom stereocenters. The molecule has 90 valence electrons. The molecular formula is C14H11NO3. The third-order valence-electron chi connectivity index (χ3n) is 2.41. The Balaban J connectivity index is 2.48. The van der Waals surface area contributed by atoms with Crippen LogP contribution in [0.25, 0.3) is 0 Å². The normalized spacial score (nSPS) is 9.78. The molecule has 0 aliphatic carbocycles. The molecule has 2 aromatic carbocycles.